The van der Waals surface area contributed by atoms with Crippen molar-refractivity contribution in [1.82, 2.24) is 40.1 Å². The van der Waals surface area contributed by atoms with Crippen LogP contribution >= 0.6 is 11.6 Å². The Morgan fingerprint density at radius 1 is 1.08 bits per heavy atom. The van der Waals surface area contributed by atoms with Crippen LogP contribution in [0.1, 0.15) is 93.0 Å². The van der Waals surface area contributed by atoms with Gasteiger partial charge >= 0.3 is 12.3 Å². The van der Waals surface area contributed by atoms with Gasteiger partial charge in [-0.1, -0.05) is 50.6 Å². The molecule has 3 aliphatic rings. The van der Waals surface area contributed by atoms with Gasteiger partial charge in [0, 0.05) is 23.9 Å². The van der Waals surface area contributed by atoms with E-state index in [0.717, 1.165) is 30.3 Å². The smallest absolute Gasteiger partial charge is 0.411 e. The molecule has 0 radical (unpaired) electrons. The van der Waals surface area contributed by atoms with Gasteiger partial charge in [-0.25, -0.2) is 18.9 Å². The monoisotopic (exact) mass is 755 g/mol. The molecule has 0 spiro atoms. The molecule has 2 saturated carbocycles. The maximum absolute atomic E-state index is 16.3. The molecule has 2 aromatic carbocycles. The van der Waals surface area contributed by atoms with Crippen molar-refractivity contribution in [3.63, 3.8) is 0 Å². The molecule has 2 fully saturated rings. The van der Waals surface area contributed by atoms with Crippen molar-refractivity contribution >= 4 is 29.6 Å². The molecule has 280 valence electrons. The second kappa shape index (κ2) is 13.8. The highest BCUT2D eigenvalue weighted by atomic mass is 35.5. The highest BCUT2D eigenvalue weighted by Crippen LogP contribution is 2.49. The second-order valence-corrected chi connectivity index (χ2v) is 15.2. The number of ether oxygens (including phenoxy) is 1. The van der Waals surface area contributed by atoms with E-state index < -0.39 is 42.7 Å². The molecular weight excluding hydrogens is 718 g/mol. The van der Waals surface area contributed by atoms with E-state index >= 15 is 4.39 Å². The summed E-state index contributed by atoms with van der Waals surface area (Å²) in [4.78, 5) is 37.7. The van der Waals surface area contributed by atoms with Gasteiger partial charge in [0.2, 0.25) is 12.3 Å². The summed E-state index contributed by atoms with van der Waals surface area (Å²) in [6.45, 7) is 5.54. The summed E-state index contributed by atoms with van der Waals surface area (Å²) >= 11 is 6.56. The van der Waals surface area contributed by atoms with Crippen LogP contribution in [0.2, 0.25) is 5.02 Å². The molecule has 17 heteroatoms. The summed E-state index contributed by atoms with van der Waals surface area (Å²) in [6, 6.07) is 10.5. The third kappa shape index (κ3) is 7.73. The highest BCUT2D eigenvalue weighted by Gasteiger charge is 2.64. The van der Waals surface area contributed by atoms with E-state index in [1.807, 2.05) is 37.0 Å². The van der Waals surface area contributed by atoms with E-state index in [4.69, 9.17) is 16.3 Å². The molecule has 3 heterocycles. The minimum absolute atomic E-state index is 0.160. The van der Waals surface area contributed by atoms with Crippen LogP contribution in [0.5, 0.6) is 0 Å². The summed E-state index contributed by atoms with van der Waals surface area (Å²) in [6.07, 6.45) is -1.09. The zero-order valence-electron chi connectivity index (χ0n) is 29.2. The first-order chi connectivity index (χ1) is 25.1. The fourth-order valence-corrected chi connectivity index (χ4v) is 6.24. The van der Waals surface area contributed by atoms with Crippen molar-refractivity contribution in [2.24, 2.45) is 10.4 Å². The average molecular weight is 756 g/mol. The largest absolute Gasteiger partial charge is 0.447 e. The summed E-state index contributed by atoms with van der Waals surface area (Å²) in [5.74, 6) is -1.04. The number of amides is 2. The molecule has 2 aromatic heterocycles. The van der Waals surface area contributed by atoms with Crippen molar-refractivity contribution in [2.75, 3.05) is 13.2 Å². The summed E-state index contributed by atoms with van der Waals surface area (Å²) in [5.41, 5.74) is -0.155. The van der Waals surface area contributed by atoms with E-state index in [-0.39, 0.29) is 52.9 Å². The molecular formula is C36H38ClF4N9O3. The van der Waals surface area contributed by atoms with Crippen LogP contribution in [0.15, 0.2) is 66.2 Å². The van der Waals surface area contributed by atoms with Gasteiger partial charge in [-0.15, -0.1) is 0 Å². The number of guanidine groups is 1. The molecule has 12 nitrogen and oxygen atoms in total. The summed E-state index contributed by atoms with van der Waals surface area (Å²) in [5, 5.41) is 13.4. The van der Waals surface area contributed by atoms with Crippen LogP contribution in [0.25, 0.3) is 16.8 Å². The topological polar surface area (TPSA) is 132 Å². The molecule has 1 unspecified atom stereocenters. The minimum atomic E-state index is -4.68. The number of fused-ring (bicyclic) bond motifs is 4. The minimum Gasteiger partial charge on any atom is -0.447 e. The SMILES string of the molecule is CC(C)(C)CCN=C1NC(F)c2ncnn2-c2cc(ccc2Cl)[C@@H](COC(=O)NC2(C(F)(F)F)CC2)N1C(=O)c1ccc(-c2cnn(C3CC3)c2)cc1. The number of aliphatic imine (C=N–C) groups is 1. The Bertz CT molecular complexity index is 2030. The Labute approximate surface area is 307 Å². The van der Waals surface area contributed by atoms with Gasteiger partial charge in [0.1, 0.15) is 18.5 Å². The lowest BCUT2D eigenvalue weighted by molar-refractivity contribution is -0.164. The standard InChI is InChI=1S/C36H38ClF4N9O3/c1-34(2,3)14-15-42-32-46-29(38)30-43-20-45-50(30)27-16-23(8-11-26(27)37)28(19-53-33(52)47-35(12-13-35)36(39,40)41)49(32)31(51)22-6-4-21(5-7-22)24-17-44-48(18-24)25-9-10-25/h4-8,11,16-18,20,25,28-29H,9-10,12-15,19H2,1-3H3,(H,42,46)(H,47,52)/t28-,29?/m1/s1. The zero-order chi connectivity index (χ0) is 37.7. The summed E-state index contributed by atoms with van der Waals surface area (Å²) in [7, 11) is 0. The third-order valence-corrected chi connectivity index (χ3v) is 9.84. The molecule has 2 N–H and O–H groups in total. The van der Waals surface area contributed by atoms with E-state index in [1.54, 1.807) is 36.5 Å². The number of alkyl halides is 4. The lowest BCUT2D eigenvalue weighted by Crippen LogP contribution is -2.51. The van der Waals surface area contributed by atoms with Crippen LogP contribution < -0.4 is 10.6 Å². The van der Waals surface area contributed by atoms with Crippen molar-refractivity contribution < 1.29 is 31.9 Å². The van der Waals surface area contributed by atoms with Crippen LogP contribution in [0.4, 0.5) is 22.4 Å². The predicted molar refractivity (Wildman–Crippen MR) is 187 cm³/mol. The van der Waals surface area contributed by atoms with E-state index in [2.05, 4.69) is 25.5 Å². The molecule has 4 aromatic rings. The number of nitrogens with one attached hydrogen (secondary N) is 2. The predicted octanol–water partition coefficient (Wildman–Crippen LogP) is 7.49. The van der Waals surface area contributed by atoms with Crippen molar-refractivity contribution in [3.8, 4) is 16.8 Å². The van der Waals surface area contributed by atoms with E-state index in [9.17, 15) is 22.8 Å². The van der Waals surface area contributed by atoms with Gasteiger partial charge in [0.05, 0.1) is 29.0 Å². The molecule has 2 bridgehead atoms. The first-order valence-corrected chi connectivity index (χ1v) is 17.6. The van der Waals surface area contributed by atoms with Crippen LogP contribution in [0, 0.1) is 5.41 Å². The van der Waals surface area contributed by atoms with Crippen LogP contribution in [-0.2, 0) is 4.74 Å². The van der Waals surface area contributed by atoms with Gasteiger partial charge in [0.25, 0.3) is 5.91 Å². The Morgan fingerprint density at radius 2 is 1.81 bits per heavy atom. The molecule has 7 rings (SSSR count). The molecule has 1 aliphatic heterocycles. The van der Waals surface area contributed by atoms with Gasteiger partial charge in [0.15, 0.2) is 5.82 Å². The quantitative estimate of drug-likeness (QED) is 0.141. The number of hydrogen-bond donors (Lipinski definition) is 2. The van der Waals surface area contributed by atoms with Crippen molar-refractivity contribution in [3.05, 3.63) is 83.2 Å². The third-order valence-electron chi connectivity index (χ3n) is 9.52. The fourth-order valence-electron chi connectivity index (χ4n) is 6.04. The summed E-state index contributed by atoms with van der Waals surface area (Å²) < 4.78 is 66.1. The number of aromatic nitrogens is 5. The highest BCUT2D eigenvalue weighted by molar-refractivity contribution is 6.32. The molecule has 2 amide bonds. The van der Waals surface area contributed by atoms with Crippen molar-refractivity contribution in [2.45, 2.75) is 83.0 Å². The fraction of sp³-hybridized carbons (Fsp3) is 0.444. The molecule has 53 heavy (non-hydrogen) atoms. The first-order valence-electron chi connectivity index (χ1n) is 17.3. The number of carbonyl (C=O) groups excluding carboxylic acids is 2. The zero-order valence-corrected chi connectivity index (χ0v) is 30.0. The number of rotatable bonds is 8. The Kier molecular flexibility index (Phi) is 9.45. The lowest BCUT2D eigenvalue weighted by atomic mass is 9.92. The van der Waals surface area contributed by atoms with Gasteiger partial charge in [-0.3, -0.25) is 19.4 Å². The second-order valence-electron chi connectivity index (χ2n) is 14.8. The number of halogens is 5. The van der Waals surface area contributed by atoms with E-state index in [1.165, 1.54) is 21.7 Å². The van der Waals surface area contributed by atoms with Crippen molar-refractivity contribution in [1.29, 1.82) is 0 Å². The molecule has 0 saturated heterocycles. The van der Waals surface area contributed by atoms with Crippen LogP contribution in [0.3, 0.4) is 0 Å². The van der Waals surface area contributed by atoms with Gasteiger partial charge < -0.3 is 15.4 Å². The van der Waals surface area contributed by atoms with E-state index in [0.29, 0.717) is 18.0 Å². The Balaban J connectivity index is 1.30. The lowest BCUT2D eigenvalue weighted by Gasteiger charge is -2.35. The van der Waals surface area contributed by atoms with Gasteiger partial charge in [-0.2, -0.15) is 23.4 Å². The Morgan fingerprint density at radius 3 is 2.47 bits per heavy atom. The maximum atomic E-state index is 16.3. The Hall–Kier alpha value is -4.99. The van der Waals surface area contributed by atoms with Crippen LogP contribution in [-0.4, -0.2) is 72.3 Å². The molecule has 2 aliphatic carbocycles. The number of hydrogen-bond acceptors (Lipinski definition) is 7. The van der Waals surface area contributed by atoms with Gasteiger partial charge in [-0.05, 0) is 72.9 Å². The first kappa shape index (κ1) is 36.4. The number of carbonyl (C=O) groups is 2. The molecule has 2 atom stereocenters. The average Bonchev–Trinajstić information content (AvgIpc) is 4.00. The maximum Gasteiger partial charge on any atom is 0.411 e. The number of benzene rings is 2. The number of nitrogens with zero attached hydrogens (tertiary/aromatic N) is 7. The normalized spacial score (nSPS) is 20.4. The number of alkyl carbamates (subject to hydrolysis) is 1.